The fourth-order valence-electron chi connectivity index (χ4n) is 1.35. The number of rotatable bonds is 6. The largest absolute Gasteiger partial charge is 0.481 e. The molecule has 96 valence electrons. The summed E-state index contributed by atoms with van der Waals surface area (Å²) in [5.74, 6) is -0.763. The van der Waals surface area contributed by atoms with Crippen LogP contribution in [0, 0.1) is 5.41 Å². The molecule has 6 heteroatoms. The van der Waals surface area contributed by atoms with Crippen LogP contribution in [0.4, 0.5) is 0 Å². The van der Waals surface area contributed by atoms with E-state index in [1.165, 1.54) is 0 Å². The van der Waals surface area contributed by atoms with Gasteiger partial charge < -0.3 is 10.4 Å². The first-order valence-electron chi connectivity index (χ1n) is 5.45. The molecule has 0 saturated carbocycles. The molecule has 1 aromatic rings. The normalized spacial score (nSPS) is 11.8. The van der Waals surface area contributed by atoms with Crippen LogP contribution >= 0.6 is 15.9 Å². The molecule has 0 aliphatic heterocycles. The van der Waals surface area contributed by atoms with E-state index in [4.69, 9.17) is 5.11 Å². The van der Waals surface area contributed by atoms with Crippen molar-refractivity contribution < 1.29 is 9.90 Å². The monoisotopic (exact) mass is 303 g/mol. The summed E-state index contributed by atoms with van der Waals surface area (Å²) < 4.78 is 2.75. The molecule has 0 atom stereocenters. The van der Waals surface area contributed by atoms with E-state index in [2.05, 4.69) is 26.3 Å². The van der Waals surface area contributed by atoms with Gasteiger partial charge in [-0.15, -0.1) is 0 Å². The van der Waals surface area contributed by atoms with Gasteiger partial charge in [-0.1, -0.05) is 0 Å². The highest BCUT2D eigenvalue weighted by Crippen LogP contribution is 2.19. The number of halogens is 1. The molecule has 0 aliphatic rings. The maximum atomic E-state index is 10.9. The van der Waals surface area contributed by atoms with E-state index in [1.54, 1.807) is 24.7 Å². The zero-order valence-corrected chi connectivity index (χ0v) is 11.9. The highest BCUT2D eigenvalue weighted by Gasteiger charge is 2.26. The van der Waals surface area contributed by atoms with Gasteiger partial charge in [0.25, 0.3) is 0 Å². The van der Waals surface area contributed by atoms with Crippen LogP contribution in [0.2, 0.25) is 0 Å². The van der Waals surface area contributed by atoms with Gasteiger partial charge >= 0.3 is 5.97 Å². The van der Waals surface area contributed by atoms with Gasteiger partial charge in [0.05, 0.1) is 21.8 Å². The second kappa shape index (κ2) is 5.64. The number of aromatic nitrogens is 2. The Morgan fingerprint density at radius 3 is 2.76 bits per heavy atom. The van der Waals surface area contributed by atoms with Crippen molar-refractivity contribution in [1.82, 2.24) is 15.1 Å². The van der Waals surface area contributed by atoms with Gasteiger partial charge in [-0.2, -0.15) is 5.10 Å². The van der Waals surface area contributed by atoms with E-state index in [0.29, 0.717) is 19.5 Å². The summed E-state index contributed by atoms with van der Waals surface area (Å²) >= 11 is 3.41. The highest BCUT2D eigenvalue weighted by atomic mass is 79.9. The number of hydrogen-bond donors (Lipinski definition) is 2. The Morgan fingerprint density at radius 2 is 2.29 bits per heavy atom. The quantitative estimate of drug-likeness (QED) is 0.786. The lowest BCUT2D eigenvalue weighted by molar-refractivity contribution is -0.147. The molecule has 0 saturated heterocycles. The predicted octanol–water partition coefficient (Wildman–Crippen LogP) is 1.77. The number of carbonyl (C=O) groups is 1. The minimum absolute atomic E-state index is 0.595. The molecule has 0 spiro atoms. The summed E-state index contributed by atoms with van der Waals surface area (Å²) in [7, 11) is 1.88. The maximum Gasteiger partial charge on any atom is 0.309 e. The predicted molar refractivity (Wildman–Crippen MR) is 68.6 cm³/mol. The molecule has 0 bridgehead atoms. The van der Waals surface area contributed by atoms with Gasteiger partial charge in [-0.3, -0.25) is 9.48 Å². The molecule has 0 unspecified atom stereocenters. The zero-order valence-electron chi connectivity index (χ0n) is 10.3. The second-order valence-electron chi connectivity index (χ2n) is 4.68. The van der Waals surface area contributed by atoms with Gasteiger partial charge in [0.1, 0.15) is 0 Å². The number of aliphatic carboxylic acids is 1. The van der Waals surface area contributed by atoms with Crippen LogP contribution in [-0.2, 0) is 18.4 Å². The van der Waals surface area contributed by atoms with Gasteiger partial charge in [0.15, 0.2) is 0 Å². The van der Waals surface area contributed by atoms with E-state index in [9.17, 15) is 4.79 Å². The fourth-order valence-corrected chi connectivity index (χ4v) is 1.84. The van der Waals surface area contributed by atoms with Crippen molar-refractivity contribution in [1.29, 1.82) is 0 Å². The van der Waals surface area contributed by atoms with Crippen molar-refractivity contribution in [2.24, 2.45) is 12.5 Å². The summed E-state index contributed by atoms with van der Waals surface area (Å²) in [6.45, 7) is 4.80. The number of nitrogens with zero attached hydrogens (tertiary/aromatic N) is 2. The van der Waals surface area contributed by atoms with Crippen LogP contribution in [0.25, 0.3) is 0 Å². The third-order valence-electron chi connectivity index (χ3n) is 2.81. The van der Waals surface area contributed by atoms with Crippen molar-refractivity contribution in [2.45, 2.75) is 26.8 Å². The molecular formula is C11H18BrN3O2. The molecule has 0 aliphatic carbocycles. The van der Waals surface area contributed by atoms with Gasteiger partial charge in [0, 0.05) is 13.6 Å². The van der Waals surface area contributed by atoms with Crippen LogP contribution in [0.3, 0.4) is 0 Å². The van der Waals surface area contributed by atoms with E-state index < -0.39 is 11.4 Å². The third-order valence-corrected chi connectivity index (χ3v) is 3.47. The molecule has 0 fully saturated rings. The minimum Gasteiger partial charge on any atom is -0.481 e. The summed E-state index contributed by atoms with van der Waals surface area (Å²) in [6.07, 6.45) is 2.34. The lowest BCUT2D eigenvalue weighted by atomic mass is 9.90. The Labute approximate surface area is 109 Å². The lowest BCUT2D eigenvalue weighted by Gasteiger charge is -2.18. The van der Waals surface area contributed by atoms with Gasteiger partial charge in [-0.25, -0.2) is 0 Å². The van der Waals surface area contributed by atoms with Crippen LogP contribution in [0.5, 0.6) is 0 Å². The van der Waals surface area contributed by atoms with Crippen LogP contribution in [-0.4, -0.2) is 27.4 Å². The standard InChI is InChI=1S/C11H18BrN3O2/c1-11(2,10(16)17)4-5-13-7-9-8(12)6-14-15(9)3/h6,13H,4-5,7H2,1-3H3,(H,16,17). The highest BCUT2D eigenvalue weighted by molar-refractivity contribution is 9.10. The first-order valence-corrected chi connectivity index (χ1v) is 6.24. The number of hydrogen-bond acceptors (Lipinski definition) is 3. The molecule has 17 heavy (non-hydrogen) atoms. The minimum atomic E-state index is -0.763. The first kappa shape index (κ1) is 14.2. The Kier molecular flexibility index (Phi) is 4.70. The SMILES string of the molecule is Cn1ncc(Br)c1CNCCC(C)(C)C(=O)O. The summed E-state index contributed by atoms with van der Waals surface area (Å²) in [4.78, 5) is 10.9. The van der Waals surface area contributed by atoms with Crippen LogP contribution in [0.1, 0.15) is 26.0 Å². The molecular weight excluding hydrogens is 286 g/mol. The third kappa shape index (κ3) is 3.81. The van der Waals surface area contributed by atoms with Gasteiger partial charge in [-0.05, 0) is 42.7 Å². The fraction of sp³-hybridized carbons (Fsp3) is 0.636. The van der Waals surface area contributed by atoms with Crippen LogP contribution in [0.15, 0.2) is 10.7 Å². The lowest BCUT2D eigenvalue weighted by Crippen LogP contribution is -2.29. The molecule has 0 amide bonds. The van der Waals surface area contributed by atoms with E-state index >= 15 is 0 Å². The first-order chi connectivity index (χ1) is 7.84. The number of aryl methyl sites for hydroxylation is 1. The number of carboxylic acid groups (broad SMARTS) is 1. The summed E-state index contributed by atoms with van der Waals surface area (Å²) in [6, 6.07) is 0. The Morgan fingerprint density at radius 1 is 1.65 bits per heavy atom. The molecule has 1 rings (SSSR count). The van der Waals surface area contributed by atoms with Crippen molar-refractivity contribution in [2.75, 3.05) is 6.54 Å². The van der Waals surface area contributed by atoms with Crippen molar-refractivity contribution >= 4 is 21.9 Å². The number of carboxylic acids is 1. The Hall–Kier alpha value is -0.880. The Balaban J connectivity index is 2.37. The molecule has 5 nitrogen and oxygen atoms in total. The topological polar surface area (TPSA) is 67.2 Å². The van der Waals surface area contributed by atoms with Crippen molar-refractivity contribution in [3.05, 3.63) is 16.4 Å². The van der Waals surface area contributed by atoms with Crippen molar-refractivity contribution in [3.8, 4) is 0 Å². The average Bonchev–Trinajstić information content (AvgIpc) is 2.54. The van der Waals surface area contributed by atoms with E-state index in [0.717, 1.165) is 10.2 Å². The zero-order chi connectivity index (χ0) is 13.1. The summed E-state index contributed by atoms with van der Waals surface area (Å²) in [5.41, 5.74) is 0.370. The summed E-state index contributed by atoms with van der Waals surface area (Å²) in [5, 5.41) is 16.3. The molecule has 0 radical (unpaired) electrons. The van der Waals surface area contributed by atoms with Gasteiger partial charge in [0.2, 0.25) is 0 Å². The van der Waals surface area contributed by atoms with Crippen LogP contribution < -0.4 is 5.32 Å². The molecule has 1 heterocycles. The van der Waals surface area contributed by atoms with E-state index in [-0.39, 0.29) is 0 Å². The molecule has 1 aromatic heterocycles. The number of nitrogens with one attached hydrogen (secondary N) is 1. The Bertz CT molecular complexity index is 382. The second-order valence-corrected chi connectivity index (χ2v) is 5.53. The average molecular weight is 304 g/mol. The van der Waals surface area contributed by atoms with E-state index in [1.807, 2.05) is 7.05 Å². The molecule has 2 N–H and O–H groups in total. The van der Waals surface area contributed by atoms with Crippen molar-refractivity contribution in [3.63, 3.8) is 0 Å². The molecule has 0 aromatic carbocycles. The smallest absolute Gasteiger partial charge is 0.309 e. The maximum absolute atomic E-state index is 10.9.